The maximum atomic E-state index is 12.6. The van der Waals surface area contributed by atoms with E-state index in [0.29, 0.717) is 13.1 Å². The van der Waals surface area contributed by atoms with Crippen LogP contribution < -0.4 is 11.1 Å². The molecule has 0 spiro atoms. The Kier molecular flexibility index (Phi) is 4.42. The summed E-state index contributed by atoms with van der Waals surface area (Å²) in [6.07, 6.45) is 1.89. The summed E-state index contributed by atoms with van der Waals surface area (Å²) >= 11 is 1.67. The lowest BCUT2D eigenvalue weighted by Gasteiger charge is -2.31. The van der Waals surface area contributed by atoms with Crippen LogP contribution in [-0.4, -0.2) is 38.7 Å². The third-order valence-electron chi connectivity index (χ3n) is 4.62. The van der Waals surface area contributed by atoms with Gasteiger partial charge >= 0.3 is 0 Å². The van der Waals surface area contributed by atoms with E-state index >= 15 is 0 Å². The van der Waals surface area contributed by atoms with Crippen molar-refractivity contribution < 1.29 is 4.79 Å². The van der Waals surface area contributed by atoms with E-state index in [2.05, 4.69) is 11.2 Å². The smallest absolute Gasteiger partial charge is 0.265 e. The highest BCUT2D eigenvalue weighted by Crippen LogP contribution is 2.32. The molecule has 4 rings (SSSR count). The first-order valence-corrected chi connectivity index (χ1v) is 9.35. The molecule has 0 aliphatic carbocycles. The first-order valence-electron chi connectivity index (χ1n) is 8.53. The molecule has 1 fully saturated rings. The zero-order chi connectivity index (χ0) is 18.1. The largest absolute Gasteiger partial charge is 0.340 e. The minimum atomic E-state index is -0.400. The summed E-state index contributed by atoms with van der Waals surface area (Å²) < 4.78 is 2.21. The summed E-state index contributed by atoms with van der Waals surface area (Å²) in [6.45, 7) is 1.10. The Morgan fingerprint density at radius 2 is 2.08 bits per heavy atom. The molecule has 1 saturated heterocycles. The summed E-state index contributed by atoms with van der Waals surface area (Å²) in [5.41, 5.74) is 0.199. The van der Waals surface area contributed by atoms with E-state index in [-0.39, 0.29) is 18.4 Å². The van der Waals surface area contributed by atoms with Gasteiger partial charge < -0.3 is 4.90 Å². The lowest BCUT2D eigenvalue weighted by molar-refractivity contribution is -0.133. The number of likely N-dealkylation sites (tertiary alicyclic amines) is 1. The highest BCUT2D eigenvalue weighted by atomic mass is 32.1. The molecule has 1 aromatic carbocycles. The van der Waals surface area contributed by atoms with Crippen molar-refractivity contribution in [2.75, 3.05) is 13.1 Å². The lowest BCUT2D eigenvalue weighted by Crippen LogP contribution is -2.43. The summed E-state index contributed by atoms with van der Waals surface area (Å²) in [5.74, 6) is 0.0383. The van der Waals surface area contributed by atoms with Crippen LogP contribution in [0.2, 0.25) is 0 Å². The summed E-state index contributed by atoms with van der Waals surface area (Å²) in [5, 5.41) is 3.45. The Labute approximate surface area is 152 Å². The van der Waals surface area contributed by atoms with Gasteiger partial charge in [-0.25, -0.2) is 9.67 Å². The number of nitrogens with zero attached hydrogens (tertiary/aromatic N) is 3. The van der Waals surface area contributed by atoms with E-state index in [0.717, 1.165) is 38.8 Å². The summed E-state index contributed by atoms with van der Waals surface area (Å²) in [4.78, 5) is 42.3. The predicted molar refractivity (Wildman–Crippen MR) is 99.5 cm³/mol. The molecule has 134 valence electrons. The summed E-state index contributed by atoms with van der Waals surface area (Å²) in [7, 11) is 0. The number of aromatic nitrogens is 3. The Morgan fingerprint density at radius 1 is 1.23 bits per heavy atom. The van der Waals surface area contributed by atoms with Crippen molar-refractivity contribution in [2.45, 2.75) is 25.3 Å². The van der Waals surface area contributed by atoms with Crippen molar-refractivity contribution in [1.29, 1.82) is 0 Å². The average Bonchev–Trinajstić information content (AvgIpc) is 3.09. The Morgan fingerprint density at radius 3 is 2.92 bits per heavy atom. The molecule has 1 atom stereocenters. The maximum absolute atomic E-state index is 12.6. The minimum Gasteiger partial charge on any atom is -0.340 e. The normalized spacial score (nSPS) is 17.5. The number of para-hydroxylation sites is 1. The second-order valence-corrected chi connectivity index (χ2v) is 7.49. The van der Waals surface area contributed by atoms with Gasteiger partial charge in [0.25, 0.3) is 11.1 Å². The molecular weight excluding hydrogens is 352 g/mol. The van der Waals surface area contributed by atoms with Crippen LogP contribution in [0.3, 0.4) is 0 Å². The Balaban J connectivity index is 1.50. The van der Waals surface area contributed by atoms with Crippen molar-refractivity contribution in [1.82, 2.24) is 19.7 Å². The van der Waals surface area contributed by atoms with Gasteiger partial charge in [-0.3, -0.25) is 19.5 Å². The molecule has 7 nitrogen and oxygen atoms in total. The van der Waals surface area contributed by atoms with Crippen molar-refractivity contribution in [2.24, 2.45) is 0 Å². The van der Waals surface area contributed by atoms with Crippen LogP contribution in [0.5, 0.6) is 0 Å². The molecule has 1 N–H and O–H groups in total. The van der Waals surface area contributed by atoms with Gasteiger partial charge in [-0.2, -0.15) is 0 Å². The standard InChI is InChI=1S/C18H18N4O3S/c23-15-7-8-16(24)22(20-15)11-17(25)21-9-3-4-12(10-21)18-19-13-5-1-2-6-14(13)26-18/h1-2,5-8,12H,3-4,9-11H2,(H,20,23)/t12-/m1/s1. The molecule has 0 unspecified atom stereocenters. The third kappa shape index (κ3) is 3.32. The van der Waals surface area contributed by atoms with E-state index < -0.39 is 11.1 Å². The van der Waals surface area contributed by atoms with Crippen LogP contribution in [0.1, 0.15) is 23.8 Å². The Bertz CT molecular complexity index is 1030. The monoisotopic (exact) mass is 370 g/mol. The van der Waals surface area contributed by atoms with Crippen LogP contribution in [0.25, 0.3) is 10.2 Å². The number of H-pyrrole nitrogens is 1. The van der Waals surface area contributed by atoms with Gasteiger partial charge in [0.1, 0.15) is 6.54 Å². The zero-order valence-corrected chi connectivity index (χ0v) is 14.9. The molecule has 0 bridgehead atoms. The molecule has 1 aliphatic rings. The predicted octanol–water partition coefficient (Wildman–Crippen LogP) is 1.55. The fraction of sp³-hybridized carbons (Fsp3) is 0.333. The van der Waals surface area contributed by atoms with Crippen LogP contribution in [0.15, 0.2) is 46.0 Å². The fourth-order valence-electron chi connectivity index (χ4n) is 3.28. The fourth-order valence-corrected chi connectivity index (χ4v) is 4.38. The lowest BCUT2D eigenvalue weighted by atomic mass is 9.98. The van der Waals surface area contributed by atoms with Gasteiger partial charge in [0, 0.05) is 31.1 Å². The molecule has 8 heteroatoms. The van der Waals surface area contributed by atoms with Crippen LogP contribution in [0.4, 0.5) is 0 Å². The molecule has 0 radical (unpaired) electrons. The molecule has 3 heterocycles. The topological polar surface area (TPSA) is 88.1 Å². The zero-order valence-electron chi connectivity index (χ0n) is 14.1. The number of nitrogens with one attached hydrogen (secondary N) is 1. The van der Waals surface area contributed by atoms with Gasteiger partial charge in [-0.05, 0) is 25.0 Å². The van der Waals surface area contributed by atoms with Gasteiger partial charge in [-0.1, -0.05) is 12.1 Å². The Hall–Kier alpha value is -2.74. The SMILES string of the molecule is O=C(Cn1[nH]c(=O)ccc1=O)N1CCC[C@@H](c2nc3ccccc3s2)C1. The summed E-state index contributed by atoms with van der Waals surface area (Å²) in [6, 6.07) is 10.4. The van der Waals surface area contributed by atoms with Crippen molar-refractivity contribution >= 4 is 27.5 Å². The van der Waals surface area contributed by atoms with Crippen molar-refractivity contribution in [3.05, 3.63) is 62.1 Å². The molecule has 2 aromatic heterocycles. The van der Waals surface area contributed by atoms with Gasteiger partial charge in [0.15, 0.2) is 0 Å². The van der Waals surface area contributed by atoms with E-state index in [4.69, 9.17) is 4.98 Å². The van der Waals surface area contributed by atoms with E-state index in [9.17, 15) is 14.4 Å². The number of aromatic amines is 1. The van der Waals surface area contributed by atoms with Crippen LogP contribution in [0, 0.1) is 0 Å². The number of carbonyl (C=O) groups excluding carboxylic acids is 1. The molecular formula is C18H18N4O3S. The quantitative estimate of drug-likeness (QED) is 0.758. The van der Waals surface area contributed by atoms with E-state index in [1.165, 1.54) is 6.07 Å². The number of rotatable bonds is 3. The number of fused-ring (bicyclic) bond motifs is 1. The highest BCUT2D eigenvalue weighted by Gasteiger charge is 2.27. The maximum Gasteiger partial charge on any atom is 0.265 e. The van der Waals surface area contributed by atoms with Crippen molar-refractivity contribution in [3.8, 4) is 0 Å². The third-order valence-corrected chi connectivity index (χ3v) is 5.81. The molecule has 26 heavy (non-hydrogen) atoms. The number of carbonyl (C=O) groups is 1. The average molecular weight is 370 g/mol. The molecule has 0 saturated carbocycles. The molecule has 1 aliphatic heterocycles. The second kappa shape index (κ2) is 6.87. The van der Waals surface area contributed by atoms with E-state index in [1.54, 1.807) is 16.2 Å². The van der Waals surface area contributed by atoms with Crippen LogP contribution >= 0.6 is 11.3 Å². The number of piperidine rings is 1. The van der Waals surface area contributed by atoms with Crippen molar-refractivity contribution in [3.63, 3.8) is 0 Å². The number of hydrogen-bond acceptors (Lipinski definition) is 5. The highest BCUT2D eigenvalue weighted by molar-refractivity contribution is 7.18. The number of hydrogen-bond donors (Lipinski definition) is 1. The second-order valence-electron chi connectivity index (χ2n) is 6.43. The minimum absolute atomic E-state index is 0.151. The first kappa shape index (κ1) is 16.7. The molecule has 3 aromatic rings. The van der Waals surface area contributed by atoms with E-state index in [1.807, 2.05) is 18.2 Å². The number of thiazole rings is 1. The van der Waals surface area contributed by atoms with Crippen LogP contribution in [-0.2, 0) is 11.3 Å². The van der Waals surface area contributed by atoms with Gasteiger partial charge in [-0.15, -0.1) is 11.3 Å². The molecule has 1 amide bonds. The van der Waals surface area contributed by atoms with Gasteiger partial charge in [0.05, 0.1) is 15.2 Å². The number of amides is 1. The van der Waals surface area contributed by atoms with Gasteiger partial charge in [0.2, 0.25) is 5.91 Å². The number of benzene rings is 1. The first-order chi connectivity index (χ1) is 12.6.